The molecule has 3 heteroatoms. The standard InChI is InChI=1S/C13H21NO2/c1-4-12(15)9-14-11(3)16-13-7-5-10(2)6-8-13/h5-8,11-12,14-15H,4,9H2,1-3H3. The number of hydrogen-bond acceptors (Lipinski definition) is 3. The predicted octanol–water partition coefficient (Wildman–Crippen LogP) is 2.08. The molecule has 0 bridgehead atoms. The second-order valence-electron chi connectivity index (χ2n) is 4.04. The third-order valence-electron chi connectivity index (χ3n) is 2.45. The van der Waals surface area contributed by atoms with E-state index in [1.54, 1.807) is 0 Å². The molecule has 0 saturated carbocycles. The number of nitrogens with one attached hydrogen (secondary N) is 1. The highest BCUT2D eigenvalue weighted by atomic mass is 16.5. The molecule has 2 unspecified atom stereocenters. The van der Waals surface area contributed by atoms with Crippen molar-refractivity contribution in [3.63, 3.8) is 0 Å². The Balaban J connectivity index is 2.33. The summed E-state index contributed by atoms with van der Waals surface area (Å²) in [5.41, 5.74) is 1.22. The maximum Gasteiger partial charge on any atom is 0.147 e. The number of ether oxygens (including phenoxy) is 1. The van der Waals surface area contributed by atoms with E-state index >= 15 is 0 Å². The molecule has 1 rings (SSSR count). The summed E-state index contributed by atoms with van der Waals surface area (Å²) in [5, 5.41) is 12.5. The summed E-state index contributed by atoms with van der Waals surface area (Å²) in [7, 11) is 0. The lowest BCUT2D eigenvalue weighted by molar-refractivity contribution is 0.125. The highest BCUT2D eigenvalue weighted by Gasteiger charge is 2.05. The van der Waals surface area contributed by atoms with Gasteiger partial charge in [-0.25, -0.2) is 0 Å². The van der Waals surface area contributed by atoms with Gasteiger partial charge in [0.25, 0.3) is 0 Å². The first-order chi connectivity index (χ1) is 7.61. The van der Waals surface area contributed by atoms with Gasteiger partial charge in [-0.1, -0.05) is 24.6 Å². The zero-order valence-electron chi connectivity index (χ0n) is 10.2. The largest absolute Gasteiger partial charge is 0.476 e. The molecule has 2 atom stereocenters. The van der Waals surface area contributed by atoms with Crippen LogP contribution >= 0.6 is 0 Å². The highest BCUT2D eigenvalue weighted by Crippen LogP contribution is 2.12. The van der Waals surface area contributed by atoms with Crippen LogP contribution in [-0.2, 0) is 0 Å². The fraction of sp³-hybridized carbons (Fsp3) is 0.538. The van der Waals surface area contributed by atoms with Crippen molar-refractivity contribution >= 4 is 0 Å². The van der Waals surface area contributed by atoms with Crippen molar-refractivity contribution in [2.75, 3.05) is 6.54 Å². The van der Waals surface area contributed by atoms with Crippen molar-refractivity contribution in [2.45, 2.75) is 39.5 Å². The minimum atomic E-state index is -0.302. The summed E-state index contributed by atoms with van der Waals surface area (Å²) in [6, 6.07) is 7.93. The van der Waals surface area contributed by atoms with Crippen LogP contribution in [0.5, 0.6) is 5.75 Å². The zero-order valence-corrected chi connectivity index (χ0v) is 10.2. The number of benzene rings is 1. The van der Waals surface area contributed by atoms with E-state index in [-0.39, 0.29) is 12.3 Å². The molecule has 0 aromatic heterocycles. The lowest BCUT2D eigenvalue weighted by Gasteiger charge is -2.18. The molecule has 0 aliphatic rings. The van der Waals surface area contributed by atoms with Crippen molar-refractivity contribution in [3.05, 3.63) is 29.8 Å². The van der Waals surface area contributed by atoms with Gasteiger partial charge in [-0.3, -0.25) is 5.32 Å². The van der Waals surface area contributed by atoms with Gasteiger partial charge in [0.2, 0.25) is 0 Å². The van der Waals surface area contributed by atoms with Gasteiger partial charge in [-0.05, 0) is 32.4 Å². The van der Waals surface area contributed by atoms with Crippen LogP contribution in [-0.4, -0.2) is 24.0 Å². The maximum atomic E-state index is 9.39. The average molecular weight is 223 g/mol. The van der Waals surface area contributed by atoms with Crippen molar-refractivity contribution in [2.24, 2.45) is 0 Å². The highest BCUT2D eigenvalue weighted by molar-refractivity contribution is 5.26. The Kier molecular flexibility index (Phi) is 5.29. The molecule has 0 radical (unpaired) electrons. The molecule has 0 aliphatic carbocycles. The minimum Gasteiger partial charge on any atom is -0.476 e. The van der Waals surface area contributed by atoms with Gasteiger partial charge in [-0.15, -0.1) is 0 Å². The molecular weight excluding hydrogens is 202 g/mol. The third kappa shape index (κ3) is 4.64. The van der Waals surface area contributed by atoms with Crippen LogP contribution in [0.2, 0.25) is 0 Å². The first-order valence-electron chi connectivity index (χ1n) is 5.76. The molecule has 90 valence electrons. The van der Waals surface area contributed by atoms with Gasteiger partial charge in [-0.2, -0.15) is 0 Å². The molecule has 2 N–H and O–H groups in total. The summed E-state index contributed by atoms with van der Waals surface area (Å²) in [5.74, 6) is 0.844. The Hall–Kier alpha value is -1.06. The molecule has 16 heavy (non-hydrogen) atoms. The monoisotopic (exact) mass is 223 g/mol. The van der Waals surface area contributed by atoms with Crippen LogP contribution in [0.25, 0.3) is 0 Å². The van der Waals surface area contributed by atoms with Gasteiger partial charge in [0, 0.05) is 6.54 Å². The van der Waals surface area contributed by atoms with E-state index < -0.39 is 0 Å². The van der Waals surface area contributed by atoms with Gasteiger partial charge in [0.15, 0.2) is 0 Å². The summed E-state index contributed by atoms with van der Waals surface area (Å²) in [6.07, 6.45) is 0.359. The van der Waals surface area contributed by atoms with E-state index in [1.165, 1.54) is 5.56 Å². The average Bonchev–Trinajstić information content (AvgIpc) is 2.29. The van der Waals surface area contributed by atoms with Crippen molar-refractivity contribution in [1.29, 1.82) is 0 Å². The van der Waals surface area contributed by atoms with Gasteiger partial charge >= 0.3 is 0 Å². The van der Waals surface area contributed by atoms with E-state index in [9.17, 15) is 5.11 Å². The molecular formula is C13H21NO2. The summed E-state index contributed by atoms with van der Waals surface area (Å²) in [6.45, 7) is 6.49. The lowest BCUT2D eigenvalue weighted by Crippen LogP contribution is -2.37. The number of aliphatic hydroxyl groups is 1. The molecule has 1 aromatic rings. The Bertz CT molecular complexity index is 297. The smallest absolute Gasteiger partial charge is 0.147 e. The van der Waals surface area contributed by atoms with E-state index in [4.69, 9.17) is 4.74 Å². The van der Waals surface area contributed by atoms with Crippen LogP contribution in [0, 0.1) is 6.92 Å². The first-order valence-corrected chi connectivity index (χ1v) is 5.76. The minimum absolute atomic E-state index is 0.0936. The number of aryl methyl sites for hydroxylation is 1. The second kappa shape index (κ2) is 6.51. The molecule has 0 fully saturated rings. The summed E-state index contributed by atoms with van der Waals surface area (Å²) in [4.78, 5) is 0. The predicted molar refractivity (Wildman–Crippen MR) is 65.6 cm³/mol. The normalized spacial score (nSPS) is 14.5. The van der Waals surface area contributed by atoms with Crippen LogP contribution in [0.4, 0.5) is 0 Å². The molecule has 0 aliphatic heterocycles. The van der Waals surface area contributed by atoms with Crippen molar-refractivity contribution in [3.8, 4) is 5.75 Å². The Morgan fingerprint density at radius 2 is 1.94 bits per heavy atom. The van der Waals surface area contributed by atoms with Gasteiger partial charge < -0.3 is 9.84 Å². The number of hydrogen-bond donors (Lipinski definition) is 2. The van der Waals surface area contributed by atoms with Crippen molar-refractivity contribution in [1.82, 2.24) is 5.32 Å². The maximum absolute atomic E-state index is 9.39. The Morgan fingerprint density at radius 1 is 1.31 bits per heavy atom. The van der Waals surface area contributed by atoms with Gasteiger partial charge in [0.1, 0.15) is 12.0 Å². The molecule has 0 spiro atoms. The molecule has 0 amide bonds. The summed E-state index contributed by atoms with van der Waals surface area (Å²) >= 11 is 0. The second-order valence-corrected chi connectivity index (χ2v) is 4.04. The van der Waals surface area contributed by atoms with Crippen LogP contribution in [0.15, 0.2) is 24.3 Å². The van der Waals surface area contributed by atoms with E-state index in [0.29, 0.717) is 6.54 Å². The van der Waals surface area contributed by atoms with Crippen LogP contribution < -0.4 is 10.1 Å². The van der Waals surface area contributed by atoms with Crippen LogP contribution in [0.3, 0.4) is 0 Å². The van der Waals surface area contributed by atoms with E-state index in [0.717, 1.165) is 12.2 Å². The van der Waals surface area contributed by atoms with Gasteiger partial charge in [0.05, 0.1) is 6.10 Å². The quantitative estimate of drug-likeness (QED) is 0.725. The number of rotatable bonds is 6. The van der Waals surface area contributed by atoms with E-state index in [2.05, 4.69) is 5.32 Å². The SMILES string of the molecule is CCC(O)CNC(C)Oc1ccc(C)cc1. The fourth-order valence-corrected chi connectivity index (χ4v) is 1.31. The Morgan fingerprint density at radius 3 is 2.50 bits per heavy atom. The topological polar surface area (TPSA) is 41.5 Å². The van der Waals surface area contributed by atoms with E-state index in [1.807, 2.05) is 45.0 Å². The first kappa shape index (κ1) is 13.0. The fourth-order valence-electron chi connectivity index (χ4n) is 1.31. The molecule has 1 aromatic carbocycles. The molecule has 0 saturated heterocycles. The number of aliphatic hydroxyl groups excluding tert-OH is 1. The zero-order chi connectivity index (χ0) is 12.0. The Labute approximate surface area is 97.4 Å². The molecule has 0 heterocycles. The molecule has 3 nitrogen and oxygen atoms in total. The lowest BCUT2D eigenvalue weighted by atomic mass is 10.2. The summed E-state index contributed by atoms with van der Waals surface area (Å²) < 4.78 is 5.64. The van der Waals surface area contributed by atoms with Crippen molar-refractivity contribution < 1.29 is 9.84 Å². The van der Waals surface area contributed by atoms with Crippen LogP contribution in [0.1, 0.15) is 25.8 Å². The third-order valence-corrected chi connectivity index (χ3v) is 2.45.